The SMILES string of the molecule is CCCn1cc(S(N)(=O)=O)cc1C(=O)N1CCCCC1C. The van der Waals surface area contributed by atoms with E-state index in [0.29, 0.717) is 12.2 Å². The molecule has 1 aromatic heterocycles. The smallest absolute Gasteiger partial charge is 0.270 e. The Kier molecular flexibility index (Phi) is 4.73. The molecule has 1 saturated heterocycles. The molecule has 1 aliphatic rings. The van der Waals surface area contributed by atoms with Gasteiger partial charge in [0.05, 0.1) is 0 Å². The number of carbonyl (C=O) groups excluding carboxylic acids is 1. The fourth-order valence-electron chi connectivity index (χ4n) is 2.79. The number of rotatable bonds is 4. The molecule has 1 aromatic rings. The molecule has 21 heavy (non-hydrogen) atoms. The number of hydrogen-bond donors (Lipinski definition) is 1. The van der Waals surface area contributed by atoms with Crippen molar-refractivity contribution >= 4 is 15.9 Å². The molecule has 1 atom stereocenters. The molecule has 0 spiro atoms. The molecular formula is C14H23N3O3S. The fourth-order valence-corrected chi connectivity index (χ4v) is 3.34. The maximum atomic E-state index is 12.7. The Hall–Kier alpha value is -1.34. The number of piperidine rings is 1. The lowest BCUT2D eigenvalue weighted by molar-refractivity contribution is 0.0624. The second kappa shape index (κ2) is 6.19. The normalized spacial score (nSPS) is 19.8. The van der Waals surface area contributed by atoms with Crippen molar-refractivity contribution in [1.29, 1.82) is 0 Å². The first-order valence-electron chi connectivity index (χ1n) is 7.38. The topological polar surface area (TPSA) is 85.4 Å². The average molecular weight is 313 g/mol. The molecular weight excluding hydrogens is 290 g/mol. The lowest BCUT2D eigenvalue weighted by Gasteiger charge is -2.33. The third kappa shape index (κ3) is 3.47. The molecule has 1 fully saturated rings. The average Bonchev–Trinajstić information content (AvgIpc) is 2.83. The first-order valence-corrected chi connectivity index (χ1v) is 8.93. The Balaban J connectivity index is 2.36. The molecule has 6 nitrogen and oxygen atoms in total. The first kappa shape index (κ1) is 16.0. The van der Waals surface area contributed by atoms with Gasteiger partial charge in [-0.05, 0) is 38.7 Å². The van der Waals surface area contributed by atoms with Gasteiger partial charge in [0.25, 0.3) is 5.91 Å². The van der Waals surface area contributed by atoms with Crippen LogP contribution in [0.15, 0.2) is 17.2 Å². The Morgan fingerprint density at radius 1 is 1.43 bits per heavy atom. The predicted molar refractivity (Wildman–Crippen MR) is 80.4 cm³/mol. The van der Waals surface area contributed by atoms with Gasteiger partial charge in [-0.25, -0.2) is 13.6 Å². The highest BCUT2D eigenvalue weighted by atomic mass is 32.2. The standard InChI is InChI=1S/C14H23N3O3S/c1-3-7-16-10-12(21(15,19)20)9-13(16)14(18)17-8-5-4-6-11(17)2/h9-11H,3-8H2,1-2H3,(H2,15,19,20). The maximum absolute atomic E-state index is 12.7. The monoisotopic (exact) mass is 313 g/mol. The van der Waals surface area contributed by atoms with Crippen LogP contribution in [-0.2, 0) is 16.6 Å². The molecule has 0 bridgehead atoms. The largest absolute Gasteiger partial charge is 0.342 e. The Bertz CT molecular complexity index is 621. The summed E-state index contributed by atoms with van der Waals surface area (Å²) in [6.45, 7) is 5.33. The number of carbonyl (C=O) groups is 1. The van der Waals surface area contributed by atoms with E-state index < -0.39 is 10.0 Å². The summed E-state index contributed by atoms with van der Waals surface area (Å²) in [6, 6.07) is 1.59. The molecule has 2 rings (SSSR count). The molecule has 118 valence electrons. The third-order valence-electron chi connectivity index (χ3n) is 3.95. The van der Waals surface area contributed by atoms with Crippen LogP contribution in [-0.4, -0.2) is 36.4 Å². The molecule has 7 heteroatoms. The number of nitrogens with zero attached hydrogens (tertiary/aromatic N) is 2. The van der Waals surface area contributed by atoms with Crippen LogP contribution in [0.5, 0.6) is 0 Å². The fraction of sp³-hybridized carbons (Fsp3) is 0.643. The summed E-state index contributed by atoms with van der Waals surface area (Å²) in [5.41, 5.74) is 0.412. The van der Waals surface area contributed by atoms with Crippen molar-refractivity contribution in [3.8, 4) is 0 Å². The number of hydrogen-bond acceptors (Lipinski definition) is 3. The lowest BCUT2D eigenvalue weighted by atomic mass is 10.0. The summed E-state index contributed by atoms with van der Waals surface area (Å²) < 4.78 is 24.7. The van der Waals surface area contributed by atoms with E-state index in [1.54, 1.807) is 4.57 Å². The van der Waals surface area contributed by atoms with Crippen LogP contribution in [0.1, 0.15) is 50.0 Å². The molecule has 1 unspecified atom stereocenters. The predicted octanol–water partition coefficient (Wildman–Crippen LogP) is 1.56. The van der Waals surface area contributed by atoms with E-state index in [9.17, 15) is 13.2 Å². The van der Waals surface area contributed by atoms with Gasteiger partial charge in [-0.2, -0.15) is 0 Å². The zero-order valence-corrected chi connectivity index (χ0v) is 13.4. The van der Waals surface area contributed by atoms with Crippen molar-refractivity contribution in [3.05, 3.63) is 18.0 Å². The number of aryl methyl sites for hydroxylation is 1. The molecule has 1 aliphatic heterocycles. The second-order valence-electron chi connectivity index (χ2n) is 5.64. The number of aromatic nitrogens is 1. The number of sulfonamides is 1. The van der Waals surface area contributed by atoms with Gasteiger partial charge in [0.2, 0.25) is 10.0 Å². The van der Waals surface area contributed by atoms with Gasteiger partial charge in [0.1, 0.15) is 10.6 Å². The number of primary sulfonamides is 1. The van der Waals surface area contributed by atoms with Gasteiger partial charge < -0.3 is 9.47 Å². The molecule has 0 aliphatic carbocycles. The second-order valence-corrected chi connectivity index (χ2v) is 7.20. The number of nitrogens with two attached hydrogens (primary N) is 1. The van der Waals surface area contributed by atoms with Crippen LogP contribution in [0.2, 0.25) is 0 Å². The molecule has 2 N–H and O–H groups in total. The summed E-state index contributed by atoms with van der Waals surface area (Å²) in [5.74, 6) is -0.106. The number of amides is 1. The van der Waals surface area contributed by atoms with Crippen molar-refractivity contribution in [2.75, 3.05) is 6.54 Å². The minimum Gasteiger partial charge on any atom is -0.342 e. The molecule has 2 heterocycles. The van der Waals surface area contributed by atoms with Gasteiger partial charge in [0, 0.05) is 25.3 Å². The molecule has 0 radical (unpaired) electrons. The Labute approximate surface area is 126 Å². The van der Waals surface area contributed by atoms with Crippen molar-refractivity contribution in [2.45, 2.75) is 57.0 Å². The van der Waals surface area contributed by atoms with Crippen molar-refractivity contribution < 1.29 is 13.2 Å². The van der Waals surface area contributed by atoms with E-state index >= 15 is 0 Å². The minimum absolute atomic E-state index is 0.00367. The van der Waals surface area contributed by atoms with Gasteiger partial charge in [0.15, 0.2) is 0 Å². The van der Waals surface area contributed by atoms with Crippen LogP contribution in [0, 0.1) is 0 Å². The Morgan fingerprint density at radius 2 is 2.14 bits per heavy atom. The highest BCUT2D eigenvalue weighted by Crippen LogP contribution is 2.21. The lowest BCUT2D eigenvalue weighted by Crippen LogP contribution is -2.42. The highest BCUT2D eigenvalue weighted by Gasteiger charge is 2.27. The zero-order valence-electron chi connectivity index (χ0n) is 12.6. The highest BCUT2D eigenvalue weighted by molar-refractivity contribution is 7.89. The van der Waals surface area contributed by atoms with Crippen molar-refractivity contribution in [3.63, 3.8) is 0 Å². The van der Waals surface area contributed by atoms with Gasteiger partial charge in [-0.15, -0.1) is 0 Å². The van der Waals surface area contributed by atoms with E-state index in [1.165, 1.54) is 12.3 Å². The quantitative estimate of drug-likeness (QED) is 0.915. The van der Waals surface area contributed by atoms with E-state index in [0.717, 1.165) is 32.2 Å². The first-order chi connectivity index (χ1) is 9.84. The van der Waals surface area contributed by atoms with Crippen LogP contribution >= 0.6 is 0 Å². The number of likely N-dealkylation sites (tertiary alicyclic amines) is 1. The summed E-state index contributed by atoms with van der Waals surface area (Å²) in [6.07, 6.45) is 5.38. The van der Waals surface area contributed by atoms with E-state index in [2.05, 4.69) is 0 Å². The summed E-state index contributed by atoms with van der Waals surface area (Å²) in [7, 11) is -3.79. The van der Waals surface area contributed by atoms with Crippen LogP contribution in [0.3, 0.4) is 0 Å². The zero-order chi connectivity index (χ0) is 15.6. The Morgan fingerprint density at radius 3 is 2.71 bits per heavy atom. The third-order valence-corrected chi connectivity index (χ3v) is 4.83. The molecule has 1 amide bonds. The van der Waals surface area contributed by atoms with Crippen molar-refractivity contribution in [1.82, 2.24) is 9.47 Å². The van der Waals surface area contributed by atoms with Crippen molar-refractivity contribution in [2.24, 2.45) is 5.14 Å². The van der Waals surface area contributed by atoms with Gasteiger partial charge >= 0.3 is 0 Å². The van der Waals surface area contributed by atoms with Crippen LogP contribution in [0.25, 0.3) is 0 Å². The maximum Gasteiger partial charge on any atom is 0.270 e. The summed E-state index contributed by atoms with van der Waals surface area (Å²) in [5, 5.41) is 5.18. The minimum atomic E-state index is -3.79. The summed E-state index contributed by atoms with van der Waals surface area (Å²) in [4.78, 5) is 14.6. The summed E-state index contributed by atoms with van der Waals surface area (Å²) >= 11 is 0. The molecule has 0 saturated carbocycles. The van der Waals surface area contributed by atoms with E-state index in [4.69, 9.17) is 5.14 Å². The van der Waals surface area contributed by atoms with Gasteiger partial charge in [-0.3, -0.25) is 4.79 Å². The van der Waals surface area contributed by atoms with E-state index in [-0.39, 0.29) is 16.8 Å². The van der Waals surface area contributed by atoms with Crippen LogP contribution in [0.4, 0.5) is 0 Å². The van der Waals surface area contributed by atoms with Gasteiger partial charge in [-0.1, -0.05) is 6.92 Å². The van der Waals surface area contributed by atoms with E-state index in [1.807, 2.05) is 18.7 Å². The van der Waals surface area contributed by atoms with Crippen LogP contribution < -0.4 is 5.14 Å². The molecule has 0 aromatic carbocycles.